The number of nitrogens with zero attached hydrogens (tertiary/aromatic N) is 1. The predicted molar refractivity (Wildman–Crippen MR) is 121 cm³/mol. The molecule has 1 aromatic carbocycles. The van der Waals surface area contributed by atoms with Crippen molar-refractivity contribution in [3.63, 3.8) is 0 Å². The smallest absolute Gasteiger partial charge is 0.191 e. The molecule has 1 saturated carbocycles. The molecule has 7 heteroatoms. The molecule has 0 heterocycles. The quantitative estimate of drug-likeness (QED) is 0.300. The molecule has 0 aliphatic heterocycles. The molecule has 3 N–H and O–H groups in total. The fourth-order valence-corrected chi connectivity index (χ4v) is 4.40. The Hall–Kier alpha value is -0.180. The van der Waals surface area contributed by atoms with Gasteiger partial charge in [0.1, 0.15) is 6.10 Å². The molecule has 0 saturated heterocycles. The normalized spacial score (nSPS) is 21.5. The minimum atomic E-state index is -0.693. The van der Waals surface area contributed by atoms with Crippen LogP contribution >= 0.6 is 47.3 Å². The van der Waals surface area contributed by atoms with Crippen molar-refractivity contribution in [1.82, 2.24) is 10.6 Å². The third-order valence-electron chi connectivity index (χ3n) is 4.16. The summed E-state index contributed by atoms with van der Waals surface area (Å²) < 4.78 is 0. The summed E-state index contributed by atoms with van der Waals surface area (Å²) in [6, 6.07) is 7.83. The SMILES string of the molecule is CCNC(=NCC(O)c1ccccc1Cl)NC1CCC(SCC)C1.I. The number of aliphatic hydroxyl groups excluding tert-OH is 1. The zero-order valence-corrected chi connectivity index (χ0v) is 18.8. The number of hydrogen-bond acceptors (Lipinski definition) is 3. The summed E-state index contributed by atoms with van der Waals surface area (Å²) >= 11 is 8.18. The molecule has 3 atom stereocenters. The third-order valence-corrected chi connectivity index (χ3v) is 5.74. The van der Waals surface area contributed by atoms with Crippen LogP contribution in [0.15, 0.2) is 29.3 Å². The van der Waals surface area contributed by atoms with Gasteiger partial charge in [0.15, 0.2) is 5.96 Å². The number of thioether (sulfide) groups is 1. The Balaban J connectivity index is 0.00000312. The molecule has 1 aromatic rings. The van der Waals surface area contributed by atoms with Crippen molar-refractivity contribution in [3.05, 3.63) is 34.9 Å². The lowest BCUT2D eigenvalue weighted by atomic mass is 10.1. The average molecular weight is 498 g/mol. The van der Waals surface area contributed by atoms with Crippen molar-refractivity contribution in [3.8, 4) is 0 Å². The summed E-state index contributed by atoms with van der Waals surface area (Å²) in [4.78, 5) is 4.54. The van der Waals surface area contributed by atoms with Gasteiger partial charge >= 0.3 is 0 Å². The number of rotatable bonds is 7. The van der Waals surface area contributed by atoms with Crippen LogP contribution in [0.1, 0.15) is 44.8 Å². The van der Waals surface area contributed by atoms with E-state index in [1.165, 1.54) is 25.0 Å². The number of hydrogen-bond donors (Lipinski definition) is 3. The molecule has 0 spiro atoms. The second kappa shape index (κ2) is 12.3. The van der Waals surface area contributed by atoms with Gasteiger partial charge in [0.25, 0.3) is 0 Å². The van der Waals surface area contributed by atoms with Crippen LogP contribution in [0.25, 0.3) is 0 Å². The van der Waals surface area contributed by atoms with Crippen LogP contribution in [0.4, 0.5) is 0 Å². The van der Waals surface area contributed by atoms with E-state index >= 15 is 0 Å². The number of benzene rings is 1. The Bertz CT molecular complexity index is 547. The fourth-order valence-electron chi connectivity index (χ4n) is 2.99. The summed E-state index contributed by atoms with van der Waals surface area (Å²) in [6.07, 6.45) is 2.92. The van der Waals surface area contributed by atoms with Crippen LogP contribution in [0, 0.1) is 0 Å². The molecule has 4 nitrogen and oxygen atoms in total. The molecule has 2 rings (SSSR count). The lowest BCUT2D eigenvalue weighted by Crippen LogP contribution is -2.42. The molecule has 142 valence electrons. The third kappa shape index (κ3) is 7.53. The second-order valence-electron chi connectivity index (χ2n) is 5.99. The Labute approximate surface area is 177 Å². The van der Waals surface area contributed by atoms with E-state index in [4.69, 9.17) is 11.6 Å². The highest BCUT2D eigenvalue weighted by atomic mass is 127. The van der Waals surface area contributed by atoms with Crippen molar-refractivity contribution in [2.75, 3.05) is 18.8 Å². The number of nitrogens with one attached hydrogen (secondary N) is 2. The topological polar surface area (TPSA) is 56.7 Å². The van der Waals surface area contributed by atoms with E-state index in [2.05, 4.69) is 22.5 Å². The first-order valence-electron chi connectivity index (χ1n) is 8.73. The van der Waals surface area contributed by atoms with Crippen LogP contribution in [-0.2, 0) is 0 Å². The van der Waals surface area contributed by atoms with E-state index in [1.54, 1.807) is 6.07 Å². The molecule has 1 fully saturated rings. The molecule has 0 aromatic heterocycles. The maximum Gasteiger partial charge on any atom is 0.191 e. The van der Waals surface area contributed by atoms with Crippen LogP contribution in [0.3, 0.4) is 0 Å². The Morgan fingerprint density at radius 1 is 1.36 bits per heavy atom. The van der Waals surface area contributed by atoms with E-state index in [0.29, 0.717) is 17.6 Å². The van der Waals surface area contributed by atoms with E-state index in [1.807, 2.05) is 36.9 Å². The summed E-state index contributed by atoms with van der Waals surface area (Å²) in [5, 5.41) is 18.4. The first-order chi connectivity index (χ1) is 11.6. The Morgan fingerprint density at radius 2 is 2.12 bits per heavy atom. The fraction of sp³-hybridized carbons (Fsp3) is 0.611. The number of aliphatic imine (C=N–C) groups is 1. The molecule has 1 aliphatic carbocycles. The van der Waals surface area contributed by atoms with Gasteiger partial charge in [-0.1, -0.05) is 36.7 Å². The maximum atomic E-state index is 10.3. The largest absolute Gasteiger partial charge is 0.386 e. The van der Waals surface area contributed by atoms with Gasteiger partial charge in [0.2, 0.25) is 0 Å². The number of guanidine groups is 1. The van der Waals surface area contributed by atoms with Gasteiger partial charge in [-0.05, 0) is 38.0 Å². The number of aliphatic hydroxyl groups is 1. The highest BCUT2D eigenvalue weighted by Crippen LogP contribution is 2.29. The molecule has 0 radical (unpaired) electrons. The minimum Gasteiger partial charge on any atom is -0.386 e. The van der Waals surface area contributed by atoms with E-state index in [0.717, 1.165) is 23.3 Å². The van der Waals surface area contributed by atoms with Crippen LogP contribution < -0.4 is 10.6 Å². The molecular weight excluding hydrogens is 469 g/mol. The van der Waals surface area contributed by atoms with Crippen molar-refractivity contribution in [2.24, 2.45) is 4.99 Å². The van der Waals surface area contributed by atoms with Crippen LogP contribution in [-0.4, -0.2) is 41.2 Å². The highest BCUT2D eigenvalue weighted by molar-refractivity contribution is 14.0. The molecule has 1 aliphatic rings. The standard InChI is InChI=1S/C18H28ClN3OS.HI/c1-3-20-18(22-13-9-10-14(11-13)24-4-2)21-12-17(23)15-7-5-6-8-16(15)19;/h5-8,13-14,17,23H,3-4,9-12H2,1-2H3,(H2,20,21,22);1H. The van der Waals surface area contributed by atoms with Crippen molar-refractivity contribution in [2.45, 2.75) is 50.5 Å². The molecular formula is C18H29ClIN3OS. The Morgan fingerprint density at radius 3 is 2.80 bits per heavy atom. The zero-order chi connectivity index (χ0) is 17.4. The van der Waals surface area contributed by atoms with Gasteiger partial charge in [-0.2, -0.15) is 11.8 Å². The van der Waals surface area contributed by atoms with Gasteiger partial charge in [-0.15, -0.1) is 24.0 Å². The molecule has 3 unspecified atom stereocenters. The molecule has 0 bridgehead atoms. The van der Waals surface area contributed by atoms with E-state index < -0.39 is 6.10 Å². The first kappa shape index (κ1) is 22.9. The van der Waals surface area contributed by atoms with Gasteiger partial charge in [0.05, 0.1) is 6.54 Å². The van der Waals surface area contributed by atoms with Crippen LogP contribution in [0.5, 0.6) is 0 Å². The first-order valence-corrected chi connectivity index (χ1v) is 10.2. The lowest BCUT2D eigenvalue weighted by Gasteiger charge is -2.18. The minimum absolute atomic E-state index is 0. The van der Waals surface area contributed by atoms with Crippen molar-refractivity contribution < 1.29 is 5.11 Å². The Kier molecular flexibility index (Phi) is 11.2. The molecule has 25 heavy (non-hydrogen) atoms. The van der Waals surface area contributed by atoms with Crippen LogP contribution in [0.2, 0.25) is 5.02 Å². The summed E-state index contributed by atoms with van der Waals surface area (Å²) in [5.74, 6) is 1.95. The maximum absolute atomic E-state index is 10.3. The average Bonchev–Trinajstić information content (AvgIpc) is 3.00. The summed E-state index contributed by atoms with van der Waals surface area (Å²) in [5.41, 5.74) is 0.721. The molecule has 0 amide bonds. The number of halogens is 2. The lowest BCUT2D eigenvalue weighted by molar-refractivity contribution is 0.187. The monoisotopic (exact) mass is 497 g/mol. The van der Waals surface area contributed by atoms with Gasteiger partial charge in [-0.3, -0.25) is 4.99 Å². The predicted octanol–water partition coefficient (Wildman–Crippen LogP) is 4.22. The van der Waals surface area contributed by atoms with E-state index in [9.17, 15) is 5.11 Å². The van der Waals surface area contributed by atoms with Gasteiger partial charge in [-0.25, -0.2) is 0 Å². The van der Waals surface area contributed by atoms with Gasteiger partial charge < -0.3 is 15.7 Å². The van der Waals surface area contributed by atoms with E-state index in [-0.39, 0.29) is 24.0 Å². The summed E-state index contributed by atoms with van der Waals surface area (Å²) in [6.45, 7) is 5.35. The summed E-state index contributed by atoms with van der Waals surface area (Å²) in [7, 11) is 0. The van der Waals surface area contributed by atoms with Gasteiger partial charge in [0, 0.05) is 28.4 Å². The second-order valence-corrected chi connectivity index (χ2v) is 7.97. The highest BCUT2D eigenvalue weighted by Gasteiger charge is 2.25. The van der Waals surface area contributed by atoms with Crippen molar-refractivity contribution >= 4 is 53.3 Å². The van der Waals surface area contributed by atoms with Crippen molar-refractivity contribution in [1.29, 1.82) is 0 Å². The zero-order valence-electron chi connectivity index (χ0n) is 14.9.